The van der Waals surface area contributed by atoms with Crippen LogP contribution in [0.5, 0.6) is 5.75 Å². The van der Waals surface area contributed by atoms with Gasteiger partial charge in [-0.05, 0) is 68.0 Å². The van der Waals surface area contributed by atoms with E-state index >= 15 is 0 Å². The number of hydrogen-bond acceptors (Lipinski definition) is 5. The number of nitrogens with one attached hydrogen (secondary N) is 1. The van der Waals surface area contributed by atoms with Gasteiger partial charge in [-0.1, -0.05) is 12.1 Å². The van der Waals surface area contributed by atoms with Crippen LogP contribution in [0.2, 0.25) is 0 Å². The van der Waals surface area contributed by atoms with E-state index in [0.717, 1.165) is 29.3 Å². The molecule has 2 N–H and O–H groups in total. The third kappa shape index (κ3) is 2.39. The molecule has 0 aliphatic heterocycles. The van der Waals surface area contributed by atoms with Crippen LogP contribution >= 0.6 is 0 Å². The summed E-state index contributed by atoms with van der Waals surface area (Å²) in [6.07, 6.45) is 4.46. The van der Waals surface area contributed by atoms with Crippen LogP contribution in [0.4, 0.5) is 11.5 Å². The third-order valence-corrected chi connectivity index (χ3v) is 5.04. The van der Waals surface area contributed by atoms with Crippen molar-refractivity contribution in [3.63, 3.8) is 0 Å². The Bertz CT molecular complexity index is 1150. The molecule has 0 spiro atoms. The van der Waals surface area contributed by atoms with Gasteiger partial charge in [0, 0.05) is 5.39 Å². The van der Waals surface area contributed by atoms with Crippen LogP contribution < -0.4 is 5.32 Å². The number of aryl methyl sites for hydroxylation is 3. The second kappa shape index (κ2) is 5.73. The van der Waals surface area contributed by atoms with E-state index in [1.54, 1.807) is 0 Å². The van der Waals surface area contributed by atoms with Gasteiger partial charge in [-0.3, -0.25) is 0 Å². The summed E-state index contributed by atoms with van der Waals surface area (Å²) >= 11 is 0. The lowest BCUT2D eigenvalue weighted by Crippen LogP contribution is -2.04. The zero-order chi connectivity index (χ0) is 17.7. The highest BCUT2D eigenvalue weighted by atomic mass is 16.3. The van der Waals surface area contributed by atoms with Crippen LogP contribution in [0.3, 0.4) is 0 Å². The van der Waals surface area contributed by atoms with Gasteiger partial charge in [0.05, 0.1) is 5.69 Å². The number of hydrogen-bond donors (Lipinski definition) is 2. The summed E-state index contributed by atoms with van der Waals surface area (Å²) < 4.78 is 5.99. The summed E-state index contributed by atoms with van der Waals surface area (Å²) in [6.45, 7) is 1.86. The lowest BCUT2D eigenvalue weighted by atomic mass is 9.91. The Hall–Kier alpha value is -3.08. The minimum Gasteiger partial charge on any atom is -0.506 e. The zero-order valence-electron chi connectivity index (χ0n) is 14.5. The van der Waals surface area contributed by atoms with E-state index in [2.05, 4.69) is 15.3 Å². The number of aromatic hydroxyl groups is 1. The van der Waals surface area contributed by atoms with Crippen molar-refractivity contribution in [1.29, 1.82) is 0 Å². The normalized spacial score (nSPS) is 13.9. The first-order chi connectivity index (χ1) is 12.7. The lowest BCUT2D eigenvalue weighted by molar-refractivity contribution is 0.475. The molecule has 2 aromatic heterocycles. The SMILES string of the molecule is Cc1nc(Nc2cc3c(cc2O)CCCC3)c2oc3ccccc3c2n1. The van der Waals surface area contributed by atoms with Gasteiger partial charge in [-0.2, -0.15) is 0 Å². The van der Waals surface area contributed by atoms with Crippen LogP contribution in [0.25, 0.3) is 22.1 Å². The highest BCUT2D eigenvalue weighted by molar-refractivity contribution is 6.06. The van der Waals surface area contributed by atoms with Crippen LogP contribution in [0.15, 0.2) is 40.8 Å². The quantitative estimate of drug-likeness (QED) is 0.500. The maximum atomic E-state index is 10.5. The van der Waals surface area contributed by atoms with Crippen molar-refractivity contribution in [2.24, 2.45) is 0 Å². The van der Waals surface area contributed by atoms with Crippen LogP contribution in [0.1, 0.15) is 29.8 Å². The monoisotopic (exact) mass is 345 g/mol. The number of aromatic nitrogens is 2. The summed E-state index contributed by atoms with van der Waals surface area (Å²) in [4.78, 5) is 9.07. The minimum atomic E-state index is 0.242. The van der Waals surface area contributed by atoms with Gasteiger partial charge >= 0.3 is 0 Å². The summed E-state index contributed by atoms with van der Waals surface area (Å²) in [5.74, 6) is 1.48. The average Bonchev–Trinajstić information content (AvgIpc) is 3.01. The number of rotatable bonds is 2. The van der Waals surface area contributed by atoms with E-state index < -0.39 is 0 Å². The number of anilines is 2. The molecule has 0 saturated heterocycles. The molecule has 0 amide bonds. The first kappa shape index (κ1) is 15.2. The molecule has 1 aliphatic rings. The van der Waals surface area contributed by atoms with Crippen molar-refractivity contribution < 1.29 is 9.52 Å². The van der Waals surface area contributed by atoms with Crippen LogP contribution in [0, 0.1) is 6.92 Å². The largest absolute Gasteiger partial charge is 0.506 e. The van der Waals surface area contributed by atoms with Crippen molar-refractivity contribution in [2.45, 2.75) is 32.6 Å². The second-order valence-corrected chi connectivity index (χ2v) is 6.87. The van der Waals surface area contributed by atoms with Gasteiger partial charge in [-0.25, -0.2) is 9.97 Å². The summed E-state index contributed by atoms with van der Waals surface area (Å²) in [6, 6.07) is 11.7. The fourth-order valence-electron chi connectivity index (χ4n) is 3.79. The van der Waals surface area contributed by atoms with Crippen LogP contribution in [-0.4, -0.2) is 15.1 Å². The fourth-order valence-corrected chi connectivity index (χ4v) is 3.79. The van der Waals surface area contributed by atoms with Crippen molar-refractivity contribution in [3.05, 3.63) is 53.3 Å². The number of fused-ring (bicyclic) bond motifs is 4. The standard InChI is InChI=1S/C21H19N3O2/c1-12-22-19-15-8-4-5-9-18(15)26-20(19)21(23-12)24-16-10-13-6-2-3-7-14(13)11-17(16)25/h4-5,8-11,25H,2-3,6-7H2,1H3,(H,22,23,24). The molecule has 26 heavy (non-hydrogen) atoms. The molecule has 130 valence electrons. The van der Waals surface area contributed by atoms with Crippen molar-refractivity contribution >= 4 is 33.6 Å². The molecule has 5 rings (SSSR count). The second-order valence-electron chi connectivity index (χ2n) is 6.87. The van der Waals surface area contributed by atoms with Crippen molar-refractivity contribution in [2.75, 3.05) is 5.32 Å². The van der Waals surface area contributed by atoms with Crippen molar-refractivity contribution in [3.8, 4) is 5.75 Å². The smallest absolute Gasteiger partial charge is 0.196 e. The Morgan fingerprint density at radius 2 is 1.81 bits per heavy atom. The molecule has 5 heteroatoms. The van der Waals surface area contributed by atoms with Gasteiger partial charge in [0.2, 0.25) is 0 Å². The number of nitrogens with zero attached hydrogens (tertiary/aromatic N) is 2. The molecule has 0 atom stereocenters. The molecule has 1 aliphatic carbocycles. The molecule has 2 heterocycles. The Kier molecular flexibility index (Phi) is 3.35. The number of phenolic OH excluding ortho intramolecular Hbond substituents is 1. The molecular weight excluding hydrogens is 326 g/mol. The van der Waals surface area contributed by atoms with Gasteiger partial charge in [0.1, 0.15) is 22.7 Å². The molecule has 0 unspecified atom stereocenters. The summed E-state index contributed by atoms with van der Waals surface area (Å²) in [5.41, 5.74) is 5.36. The highest BCUT2D eigenvalue weighted by Gasteiger charge is 2.17. The van der Waals surface area contributed by atoms with E-state index in [9.17, 15) is 5.11 Å². The topological polar surface area (TPSA) is 71.2 Å². The summed E-state index contributed by atoms with van der Waals surface area (Å²) in [7, 11) is 0. The van der Waals surface area contributed by atoms with E-state index in [4.69, 9.17) is 4.42 Å². The van der Waals surface area contributed by atoms with E-state index in [1.807, 2.05) is 43.3 Å². The Morgan fingerprint density at radius 1 is 1.04 bits per heavy atom. The molecule has 4 aromatic rings. The number of phenols is 1. The average molecular weight is 345 g/mol. The van der Waals surface area contributed by atoms with Crippen LogP contribution in [-0.2, 0) is 12.8 Å². The Morgan fingerprint density at radius 3 is 2.65 bits per heavy atom. The molecule has 0 saturated carbocycles. The molecule has 2 aromatic carbocycles. The fraction of sp³-hybridized carbons (Fsp3) is 0.238. The number of benzene rings is 2. The molecule has 5 nitrogen and oxygen atoms in total. The van der Waals surface area contributed by atoms with Gasteiger partial charge in [0.25, 0.3) is 0 Å². The van der Waals surface area contributed by atoms with E-state index in [-0.39, 0.29) is 5.75 Å². The Balaban J connectivity index is 1.66. The lowest BCUT2D eigenvalue weighted by Gasteiger charge is -2.18. The Labute approximate surface area is 150 Å². The maximum Gasteiger partial charge on any atom is 0.196 e. The summed E-state index contributed by atoms with van der Waals surface area (Å²) in [5, 5.41) is 14.7. The minimum absolute atomic E-state index is 0.242. The van der Waals surface area contributed by atoms with Gasteiger partial charge in [0.15, 0.2) is 11.4 Å². The molecule has 0 fully saturated rings. The molecule has 0 radical (unpaired) electrons. The first-order valence-electron chi connectivity index (χ1n) is 8.97. The number of para-hydroxylation sites is 1. The van der Waals surface area contributed by atoms with E-state index in [1.165, 1.54) is 24.0 Å². The molecular formula is C21H19N3O2. The molecule has 0 bridgehead atoms. The van der Waals surface area contributed by atoms with Gasteiger partial charge in [-0.15, -0.1) is 0 Å². The van der Waals surface area contributed by atoms with Crippen molar-refractivity contribution in [1.82, 2.24) is 9.97 Å². The third-order valence-electron chi connectivity index (χ3n) is 5.04. The number of furan rings is 1. The van der Waals surface area contributed by atoms with Gasteiger partial charge < -0.3 is 14.8 Å². The van der Waals surface area contributed by atoms with E-state index in [0.29, 0.717) is 22.9 Å². The predicted octanol–water partition coefficient (Wildman–Crippen LogP) is 5.01. The zero-order valence-corrected chi connectivity index (χ0v) is 14.5. The maximum absolute atomic E-state index is 10.5. The highest BCUT2D eigenvalue weighted by Crippen LogP contribution is 2.36. The predicted molar refractivity (Wildman–Crippen MR) is 102 cm³/mol. The first-order valence-corrected chi connectivity index (χ1v) is 8.97.